The van der Waals surface area contributed by atoms with E-state index in [2.05, 4.69) is 231 Å². The Labute approximate surface area is 331 Å². The first-order chi connectivity index (χ1) is 27.1. The van der Waals surface area contributed by atoms with Crippen molar-refractivity contribution in [2.45, 2.75) is 40.4 Å². The molecule has 274 valence electrons. The number of anilines is 6. The molecule has 0 aliphatic carbocycles. The van der Waals surface area contributed by atoms with Crippen molar-refractivity contribution < 1.29 is 0 Å². The van der Waals surface area contributed by atoms with Crippen molar-refractivity contribution in [3.8, 4) is 5.69 Å². The van der Waals surface area contributed by atoms with Crippen LogP contribution in [0.1, 0.15) is 16.7 Å². The zero-order valence-electron chi connectivity index (χ0n) is 33.1. The average Bonchev–Trinajstić information content (AvgIpc) is 3.51. The summed E-state index contributed by atoms with van der Waals surface area (Å²) < 4.78 is 2.45. The Balaban J connectivity index is 1.26. The zero-order chi connectivity index (χ0) is 38.6. The summed E-state index contributed by atoms with van der Waals surface area (Å²) in [5.41, 5.74) is 14.1. The van der Waals surface area contributed by atoms with Crippen molar-refractivity contribution in [3.63, 3.8) is 0 Å². The predicted octanol–water partition coefficient (Wildman–Crippen LogP) is 14.3. The molecule has 0 saturated carbocycles. The van der Waals surface area contributed by atoms with Crippen LogP contribution in [0.3, 0.4) is 0 Å². The summed E-state index contributed by atoms with van der Waals surface area (Å²) in [6.45, 7) is 13.7. The molecule has 0 N–H and O–H groups in total. The Kier molecular flexibility index (Phi) is 8.87. The molecule has 1 heterocycles. The minimum Gasteiger partial charge on any atom is -0.310 e. The van der Waals surface area contributed by atoms with E-state index in [4.69, 9.17) is 0 Å². The molecule has 0 unspecified atom stereocenters. The van der Waals surface area contributed by atoms with Gasteiger partial charge in [0.05, 0.1) is 19.1 Å². The van der Waals surface area contributed by atoms with E-state index in [9.17, 15) is 0 Å². The lowest BCUT2D eigenvalue weighted by atomic mass is 10.0. The van der Waals surface area contributed by atoms with Crippen LogP contribution < -0.4 is 15.0 Å². The van der Waals surface area contributed by atoms with Gasteiger partial charge in [0.25, 0.3) is 0 Å². The SMILES string of the molecule is Cc1ccc(N(c2cccc(C)c2)c2ccc3cc4c5ccc(N(c6ccc(C)cc6)c6cccc([Si](C)(C)C)c6)cc5n(-c5ccccc5)c4cc3c2)cc1. The molecule has 4 heteroatoms. The number of aryl methyl sites for hydroxylation is 3. The van der Waals surface area contributed by atoms with E-state index in [0.29, 0.717) is 0 Å². The monoisotopic (exact) mass is 741 g/mol. The minimum atomic E-state index is -1.55. The first-order valence-corrected chi connectivity index (χ1v) is 23.1. The van der Waals surface area contributed by atoms with Gasteiger partial charge in [-0.25, -0.2) is 0 Å². The molecule has 0 atom stereocenters. The van der Waals surface area contributed by atoms with Gasteiger partial charge in [0.2, 0.25) is 0 Å². The van der Waals surface area contributed by atoms with Crippen LogP contribution in [0.2, 0.25) is 19.6 Å². The van der Waals surface area contributed by atoms with Gasteiger partial charge in [0, 0.05) is 50.6 Å². The van der Waals surface area contributed by atoms with Gasteiger partial charge in [-0.05, 0) is 134 Å². The van der Waals surface area contributed by atoms with Crippen molar-refractivity contribution in [3.05, 3.63) is 193 Å². The number of hydrogen-bond acceptors (Lipinski definition) is 2. The molecule has 3 nitrogen and oxygen atoms in total. The number of hydrogen-bond donors (Lipinski definition) is 0. The molecule has 8 aromatic carbocycles. The van der Waals surface area contributed by atoms with E-state index in [0.717, 1.165) is 34.1 Å². The van der Waals surface area contributed by atoms with Gasteiger partial charge in [0.1, 0.15) is 0 Å². The van der Waals surface area contributed by atoms with Gasteiger partial charge in [-0.3, -0.25) is 0 Å². The predicted molar refractivity (Wildman–Crippen MR) is 245 cm³/mol. The Morgan fingerprint density at radius 1 is 0.375 bits per heavy atom. The molecule has 9 aromatic rings. The van der Waals surface area contributed by atoms with Gasteiger partial charge in [-0.2, -0.15) is 0 Å². The van der Waals surface area contributed by atoms with Crippen LogP contribution in [0.5, 0.6) is 0 Å². The lowest BCUT2D eigenvalue weighted by Gasteiger charge is -2.28. The van der Waals surface area contributed by atoms with E-state index in [-0.39, 0.29) is 0 Å². The molecule has 0 aliphatic rings. The highest BCUT2D eigenvalue weighted by Crippen LogP contribution is 2.42. The molecule has 9 rings (SSSR count). The van der Waals surface area contributed by atoms with Crippen molar-refractivity contribution in [1.82, 2.24) is 4.57 Å². The largest absolute Gasteiger partial charge is 0.310 e. The third-order valence-corrected chi connectivity index (χ3v) is 13.1. The van der Waals surface area contributed by atoms with Crippen LogP contribution in [0.15, 0.2) is 176 Å². The van der Waals surface area contributed by atoms with Crippen molar-refractivity contribution >= 4 is 80.0 Å². The van der Waals surface area contributed by atoms with Crippen LogP contribution in [-0.2, 0) is 0 Å². The first kappa shape index (κ1) is 35.3. The second kappa shape index (κ2) is 14.0. The Morgan fingerprint density at radius 3 is 1.57 bits per heavy atom. The van der Waals surface area contributed by atoms with Crippen LogP contribution in [0, 0.1) is 20.8 Å². The highest BCUT2D eigenvalue weighted by Gasteiger charge is 2.22. The van der Waals surface area contributed by atoms with Crippen molar-refractivity contribution in [2.24, 2.45) is 0 Å². The molecule has 0 saturated heterocycles. The normalized spacial score (nSPS) is 11.8. The first-order valence-electron chi connectivity index (χ1n) is 19.6. The molecule has 0 fully saturated rings. The molecular formula is C52H47N3Si. The van der Waals surface area contributed by atoms with Gasteiger partial charge in [-0.1, -0.05) is 115 Å². The van der Waals surface area contributed by atoms with Gasteiger partial charge >= 0.3 is 0 Å². The standard InChI is InChI=1S/C52H47N3Si/c1-36-18-23-42(24-19-36)53(44-15-10-12-38(3)30-44)46-27-22-39-32-50-49-29-28-47(35-52(49)55(41-13-8-7-9-14-41)51(50)33-40(39)31-46)54(43-25-20-37(2)21-26-43)45-16-11-17-48(34-45)56(4,5)6/h7-35H,1-6H3. The molecule has 0 spiro atoms. The van der Waals surface area contributed by atoms with Crippen LogP contribution >= 0.6 is 0 Å². The van der Waals surface area contributed by atoms with E-state index in [1.54, 1.807) is 0 Å². The van der Waals surface area contributed by atoms with Gasteiger partial charge in [-0.15, -0.1) is 0 Å². The Hall–Kier alpha value is -6.36. The molecule has 0 bridgehead atoms. The third kappa shape index (κ3) is 6.56. The van der Waals surface area contributed by atoms with Crippen LogP contribution in [0.4, 0.5) is 34.1 Å². The lowest BCUT2D eigenvalue weighted by Crippen LogP contribution is -2.37. The number of benzene rings is 8. The molecular weight excluding hydrogens is 695 g/mol. The van der Waals surface area contributed by atoms with E-state index >= 15 is 0 Å². The highest BCUT2D eigenvalue weighted by molar-refractivity contribution is 6.88. The lowest BCUT2D eigenvalue weighted by molar-refractivity contribution is 1.18. The highest BCUT2D eigenvalue weighted by atomic mass is 28.3. The van der Waals surface area contributed by atoms with Crippen LogP contribution in [-0.4, -0.2) is 12.6 Å². The number of fused-ring (bicyclic) bond motifs is 4. The number of para-hydroxylation sites is 1. The maximum absolute atomic E-state index is 2.45. The zero-order valence-corrected chi connectivity index (χ0v) is 34.1. The third-order valence-electron chi connectivity index (χ3n) is 11.0. The second-order valence-electron chi connectivity index (χ2n) is 16.3. The Morgan fingerprint density at radius 2 is 0.929 bits per heavy atom. The summed E-state index contributed by atoms with van der Waals surface area (Å²) in [6, 6.07) is 65.2. The molecule has 0 radical (unpaired) electrons. The average molecular weight is 742 g/mol. The van der Waals surface area contributed by atoms with Crippen LogP contribution in [0.25, 0.3) is 38.3 Å². The van der Waals surface area contributed by atoms with Crippen molar-refractivity contribution in [2.75, 3.05) is 9.80 Å². The molecule has 56 heavy (non-hydrogen) atoms. The minimum absolute atomic E-state index is 1.13. The number of nitrogens with zero attached hydrogens (tertiary/aromatic N) is 3. The quantitative estimate of drug-likeness (QED) is 0.144. The van der Waals surface area contributed by atoms with E-state index in [1.165, 1.54) is 60.1 Å². The molecule has 0 amide bonds. The summed E-state index contributed by atoms with van der Waals surface area (Å²) >= 11 is 0. The molecule has 0 aliphatic heterocycles. The number of aromatic nitrogens is 1. The maximum atomic E-state index is 2.45. The maximum Gasteiger partial charge on any atom is 0.0776 e. The fourth-order valence-electron chi connectivity index (χ4n) is 8.03. The van der Waals surface area contributed by atoms with E-state index < -0.39 is 8.07 Å². The summed E-state index contributed by atoms with van der Waals surface area (Å²) in [4.78, 5) is 4.79. The summed E-state index contributed by atoms with van der Waals surface area (Å²) in [5.74, 6) is 0. The fourth-order valence-corrected chi connectivity index (χ4v) is 9.21. The fraction of sp³-hybridized carbons (Fsp3) is 0.115. The van der Waals surface area contributed by atoms with E-state index in [1.807, 2.05) is 0 Å². The Bertz CT molecular complexity index is 2860. The second-order valence-corrected chi connectivity index (χ2v) is 21.3. The smallest absolute Gasteiger partial charge is 0.0776 e. The topological polar surface area (TPSA) is 11.4 Å². The van der Waals surface area contributed by atoms with Gasteiger partial charge in [0.15, 0.2) is 0 Å². The summed E-state index contributed by atoms with van der Waals surface area (Å²) in [7, 11) is -1.55. The summed E-state index contributed by atoms with van der Waals surface area (Å²) in [6.07, 6.45) is 0. The molecule has 1 aromatic heterocycles. The van der Waals surface area contributed by atoms with Crippen molar-refractivity contribution in [1.29, 1.82) is 0 Å². The van der Waals surface area contributed by atoms with Gasteiger partial charge < -0.3 is 14.4 Å². The number of rotatable bonds is 8. The summed E-state index contributed by atoms with van der Waals surface area (Å²) in [5, 5.41) is 6.34.